The minimum absolute atomic E-state index is 0.00429. The minimum atomic E-state index is -3.58. The monoisotopic (exact) mass is 338 g/mol. The van der Waals surface area contributed by atoms with Gasteiger partial charge in [-0.1, -0.05) is 6.08 Å². The first kappa shape index (κ1) is 16.2. The van der Waals surface area contributed by atoms with Gasteiger partial charge in [0.1, 0.15) is 12.3 Å². The Labute approximate surface area is 124 Å². The Kier molecular flexibility index (Phi) is 4.04. The van der Waals surface area contributed by atoms with E-state index in [0.29, 0.717) is 0 Å². The van der Waals surface area contributed by atoms with Gasteiger partial charge in [-0.15, -0.1) is 6.58 Å². The summed E-state index contributed by atoms with van der Waals surface area (Å²) in [5.74, 6) is 0. The molecule has 0 aromatic heterocycles. The van der Waals surface area contributed by atoms with Gasteiger partial charge in [-0.3, -0.25) is 0 Å². The molecular formula is C10H18N4O5S2. The van der Waals surface area contributed by atoms with Crippen molar-refractivity contribution in [2.75, 3.05) is 32.1 Å². The number of piperazine rings is 1. The van der Waals surface area contributed by atoms with Gasteiger partial charge in [-0.2, -0.15) is 8.61 Å². The molecule has 0 bridgehead atoms. The molecule has 0 spiro atoms. The van der Waals surface area contributed by atoms with E-state index in [1.165, 1.54) is 11.0 Å². The highest BCUT2D eigenvalue weighted by Crippen LogP contribution is 2.27. The van der Waals surface area contributed by atoms with E-state index < -0.39 is 38.4 Å². The van der Waals surface area contributed by atoms with Crippen molar-refractivity contribution < 1.29 is 21.6 Å². The number of sulfonamides is 2. The van der Waals surface area contributed by atoms with Crippen LogP contribution in [0.5, 0.6) is 0 Å². The number of nitrogens with zero attached hydrogens (tertiary/aromatic N) is 3. The first-order chi connectivity index (χ1) is 9.57. The number of hydrogen-bond donors (Lipinski definition) is 1. The Morgan fingerprint density at radius 2 is 1.71 bits per heavy atom. The van der Waals surface area contributed by atoms with E-state index >= 15 is 0 Å². The molecule has 0 saturated carbocycles. The smallest absolute Gasteiger partial charge is 0.318 e. The highest BCUT2D eigenvalue weighted by molar-refractivity contribution is 7.88. The van der Waals surface area contributed by atoms with Crippen molar-refractivity contribution in [2.24, 2.45) is 0 Å². The summed E-state index contributed by atoms with van der Waals surface area (Å²) in [6, 6.07) is -0.519. The van der Waals surface area contributed by atoms with Crippen LogP contribution in [0.25, 0.3) is 0 Å². The molecule has 9 nitrogen and oxygen atoms in total. The molecule has 1 N–H and O–H groups in total. The van der Waals surface area contributed by atoms with Gasteiger partial charge >= 0.3 is 6.03 Å². The molecule has 0 aromatic carbocycles. The maximum Gasteiger partial charge on any atom is 0.320 e. The van der Waals surface area contributed by atoms with Gasteiger partial charge in [-0.25, -0.2) is 21.6 Å². The first-order valence-corrected chi connectivity index (χ1v) is 9.88. The van der Waals surface area contributed by atoms with E-state index in [1.54, 1.807) is 0 Å². The van der Waals surface area contributed by atoms with Crippen LogP contribution < -0.4 is 5.32 Å². The van der Waals surface area contributed by atoms with Crippen molar-refractivity contribution in [1.82, 2.24) is 18.8 Å². The number of urea groups is 1. The molecule has 0 aliphatic carbocycles. The van der Waals surface area contributed by atoms with Crippen LogP contribution in [0, 0.1) is 0 Å². The zero-order chi connectivity index (χ0) is 16.0. The number of fused-ring (bicyclic) bond motifs is 1. The Hall–Kier alpha value is -1.17. The summed E-state index contributed by atoms with van der Waals surface area (Å²) >= 11 is 0. The van der Waals surface area contributed by atoms with Crippen molar-refractivity contribution in [3.63, 3.8) is 0 Å². The van der Waals surface area contributed by atoms with Gasteiger partial charge in [-0.05, 0) is 0 Å². The van der Waals surface area contributed by atoms with Crippen molar-refractivity contribution in [1.29, 1.82) is 0 Å². The van der Waals surface area contributed by atoms with E-state index in [0.717, 1.165) is 21.1 Å². The van der Waals surface area contributed by atoms with E-state index in [-0.39, 0.29) is 19.6 Å². The number of carbonyl (C=O) groups excluding carboxylic acids is 1. The Morgan fingerprint density at radius 1 is 1.19 bits per heavy atom. The zero-order valence-corrected chi connectivity index (χ0v) is 13.4. The van der Waals surface area contributed by atoms with E-state index in [2.05, 4.69) is 11.9 Å². The standard InChI is InChI=1S/C10H18N4O5S2/c1-4-5-12-9-8(11-10(12)15)13(20(2,16)17)6-7-14(9)21(3,18)19/h4,8-9H,1,5-7H2,2-3H3,(H,11,15)/t8-,9-/m0/s1. The molecule has 21 heavy (non-hydrogen) atoms. The number of hydrogen-bond acceptors (Lipinski definition) is 5. The highest BCUT2D eigenvalue weighted by Gasteiger charge is 2.52. The summed E-state index contributed by atoms with van der Waals surface area (Å²) in [4.78, 5) is 13.3. The Bertz CT molecular complexity index is 659. The van der Waals surface area contributed by atoms with Crippen LogP contribution >= 0.6 is 0 Å². The SMILES string of the molecule is C=CCN1C(=O)N[C@@H]2[C@@H]1N(S(C)(=O)=O)CCN2S(C)(=O)=O. The first-order valence-electron chi connectivity index (χ1n) is 6.19. The molecule has 120 valence electrons. The molecule has 2 aliphatic rings. The summed E-state index contributed by atoms with van der Waals surface area (Å²) in [6.07, 6.45) is 1.68. The van der Waals surface area contributed by atoms with Gasteiger partial charge in [0.15, 0.2) is 0 Å². The number of amides is 2. The molecular weight excluding hydrogens is 320 g/mol. The third-order valence-electron chi connectivity index (χ3n) is 3.46. The molecule has 11 heteroatoms. The second-order valence-electron chi connectivity index (χ2n) is 5.00. The highest BCUT2D eigenvalue weighted by atomic mass is 32.2. The third kappa shape index (κ3) is 2.91. The molecule has 2 aliphatic heterocycles. The lowest BCUT2D eigenvalue weighted by Crippen LogP contribution is -2.65. The summed E-state index contributed by atoms with van der Waals surface area (Å²) in [5.41, 5.74) is 0. The van der Waals surface area contributed by atoms with Crippen LogP contribution in [0.4, 0.5) is 4.79 Å². The fourth-order valence-corrected chi connectivity index (χ4v) is 4.66. The average molecular weight is 338 g/mol. The molecule has 0 radical (unpaired) electrons. The summed E-state index contributed by atoms with van der Waals surface area (Å²) in [7, 11) is -7.15. The molecule has 2 fully saturated rings. The molecule has 2 atom stereocenters. The molecule has 0 aromatic rings. The van der Waals surface area contributed by atoms with Gasteiger partial charge in [0.05, 0.1) is 12.5 Å². The number of rotatable bonds is 4. The second-order valence-corrected chi connectivity index (χ2v) is 8.87. The van der Waals surface area contributed by atoms with Crippen molar-refractivity contribution in [3.05, 3.63) is 12.7 Å². The van der Waals surface area contributed by atoms with Crippen LogP contribution in [-0.4, -0.2) is 80.9 Å². The maximum absolute atomic E-state index is 12.0. The van der Waals surface area contributed by atoms with Crippen LogP contribution in [0.1, 0.15) is 0 Å². The van der Waals surface area contributed by atoms with Crippen molar-refractivity contribution in [2.45, 2.75) is 12.3 Å². The summed E-state index contributed by atoms with van der Waals surface area (Å²) in [5, 5.41) is 2.53. The van der Waals surface area contributed by atoms with E-state index in [9.17, 15) is 21.6 Å². The van der Waals surface area contributed by atoms with Gasteiger partial charge in [0.2, 0.25) is 20.0 Å². The van der Waals surface area contributed by atoms with Gasteiger partial charge in [0.25, 0.3) is 0 Å². The lowest BCUT2D eigenvalue weighted by Gasteiger charge is -2.42. The quantitative estimate of drug-likeness (QED) is 0.621. The lowest BCUT2D eigenvalue weighted by molar-refractivity contribution is 0.0735. The number of carbonyl (C=O) groups is 1. The van der Waals surface area contributed by atoms with Crippen LogP contribution in [-0.2, 0) is 20.0 Å². The second kappa shape index (κ2) is 5.23. The Balaban J connectivity index is 2.47. The third-order valence-corrected chi connectivity index (χ3v) is 5.97. The predicted molar refractivity (Wildman–Crippen MR) is 76.1 cm³/mol. The van der Waals surface area contributed by atoms with Crippen molar-refractivity contribution in [3.8, 4) is 0 Å². The van der Waals surface area contributed by atoms with Crippen LogP contribution in [0.2, 0.25) is 0 Å². The van der Waals surface area contributed by atoms with Crippen molar-refractivity contribution >= 4 is 26.1 Å². The largest absolute Gasteiger partial charge is 0.320 e. The number of nitrogens with one attached hydrogen (secondary N) is 1. The minimum Gasteiger partial charge on any atom is -0.318 e. The molecule has 0 unspecified atom stereocenters. The molecule has 2 amide bonds. The fraction of sp³-hybridized carbons (Fsp3) is 0.700. The molecule has 2 saturated heterocycles. The normalized spacial score (nSPS) is 28.3. The molecule has 2 heterocycles. The fourth-order valence-electron chi connectivity index (χ4n) is 2.64. The van der Waals surface area contributed by atoms with Gasteiger partial charge < -0.3 is 10.2 Å². The summed E-state index contributed by atoms with van der Waals surface area (Å²) in [6.45, 7) is 3.64. The topological polar surface area (TPSA) is 107 Å². The molecule has 2 rings (SSSR count). The van der Waals surface area contributed by atoms with Gasteiger partial charge in [0, 0.05) is 19.6 Å². The predicted octanol–water partition coefficient (Wildman–Crippen LogP) is -1.61. The summed E-state index contributed by atoms with van der Waals surface area (Å²) < 4.78 is 49.7. The zero-order valence-electron chi connectivity index (χ0n) is 11.8. The average Bonchev–Trinajstić information content (AvgIpc) is 2.63. The maximum atomic E-state index is 12.0. The van der Waals surface area contributed by atoms with Crippen LogP contribution in [0.3, 0.4) is 0 Å². The van der Waals surface area contributed by atoms with E-state index in [1.807, 2.05) is 0 Å². The Morgan fingerprint density at radius 3 is 2.19 bits per heavy atom. The van der Waals surface area contributed by atoms with E-state index in [4.69, 9.17) is 0 Å². The lowest BCUT2D eigenvalue weighted by atomic mass is 10.3. The van der Waals surface area contributed by atoms with Crippen LogP contribution in [0.15, 0.2) is 12.7 Å².